The van der Waals surface area contributed by atoms with Crippen LogP contribution in [0.2, 0.25) is 0 Å². The van der Waals surface area contributed by atoms with Gasteiger partial charge in [-0.15, -0.1) is 0 Å². The standard InChI is InChI=1S/C29H33N3O7/c1-16(18-6-4-3-5-7-18)32-27(35)21-13-12-20-22(14-23(33)26(34)24(20)25(21)28(32)36)30-31-29(37)39-15-17-8-10-19(38-2)11-9-17/h3-11,16,20-21,23-26,33-34H,12-15H2,1-2H3,(H,31,37)/t16-,20-,21+,23+,24-,25+,26+/m0/s1. The topological polar surface area (TPSA) is 138 Å². The van der Waals surface area contributed by atoms with Crippen molar-refractivity contribution in [3.63, 3.8) is 0 Å². The second kappa shape index (κ2) is 11.2. The Morgan fingerprint density at radius 3 is 2.44 bits per heavy atom. The van der Waals surface area contributed by atoms with Crippen LogP contribution in [0.5, 0.6) is 5.75 Å². The van der Waals surface area contributed by atoms with Gasteiger partial charge in [-0.1, -0.05) is 42.5 Å². The number of aliphatic hydroxyl groups excluding tert-OH is 2. The molecule has 0 unspecified atom stereocenters. The molecule has 206 valence electrons. The minimum Gasteiger partial charge on any atom is -0.497 e. The molecule has 2 aromatic rings. The van der Waals surface area contributed by atoms with E-state index < -0.39 is 42.1 Å². The second-order valence-corrected chi connectivity index (χ2v) is 10.4. The number of hydrogen-bond acceptors (Lipinski definition) is 8. The van der Waals surface area contributed by atoms with Crippen LogP contribution in [0.1, 0.15) is 43.4 Å². The number of nitrogens with one attached hydrogen (secondary N) is 1. The van der Waals surface area contributed by atoms with Crippen molar-refractivity contribution in [3.05, 3.63) is 65.7 Å². The molecule has 39 heavy (non-hydrogen) atoms. The summed E-state index contributed by atoms with van der Waals surface area (Å²) in [4.78, 5) is 40.7. The van der Waals surface area contributed by atoms with Gasteiger partial charge in [0.25, 0.3) is 0 Å². The zero-order chi connectivity index (χ0) is 27.7. The van der Waals surface area contributed by atoms with Crippen LogP contribution in [0, 0.1) is 23.7 Å². The molecule has 2 aliphatic carbocycles. The summed E-state index contributed by atoms with van der Waals surface area (Å²) in [6, 6.07) is 16.0. The first-order valence-electron chi connectivity index (χ1n) is 13.2. The third-order valence-electron chi connectivity index (χ3n) is 8.30. The molecule has 7 atom stereocenters. The number of carbonyl (C=O) groups is 3. The van der Waals surface area contributed by atoms with Crippen molar-refractivity contribution in [2.45, 2.75) is 51.0 Å². The highest BCUT2D eigenvalue weighted by Crippen LogP contribution is 2.50. The number of carbonyl (C=O) groups excluding carboxylic acids is 3. The van der Waals surface area contributed by atoms with E-state index in [4.69, 9.17) is 9.47 Å². The Morgan fingerprint density at radius 2 is 1.74 bits per heavy atom. The van der Waals surface area contributed by atoms with E-state index in [-0.39, 0.29) is 30.8 Å². The van der Waals surface area contributed by atoms with Gasteiger partial charge in [0.05, 0.1) is 37.2 Å². The average Bonchev–Trinajstić information content (AvgIpc) is 3.22. The first kappa shape index (κ1) is 26.8. The number of ether oxygens (including phenoxy) is 2. The molecule has 10 heteroatoms. The molecule has 3 fully saturated rings. The maximum absolute atomic E-state index is 13.7. The Hall–Kier alpha value is -3.76. The maximum Gasteiger partial charge on any atom is 0.428 e. The fraction of sp³-hybridized carbons (Fsp3) is 0.448. The van der Waals surface area contributed by atoms with Gasteiger partial charge < -0.3 is 19.7 Å². The molecule has 10 nitrogen and oxygen atoms in total. The van der Waals surface area contributed by atoms with E-state index in [0.29, 0.717) is 24.3 Å². The lowest BCUT2D eigenvalue weighted by Gasteiger charge is -2.45. The number of hydrogen-bond donors (Lipinski definition) is 3. The summed E-state index contributed by atoms with van der Waals surface area (Å²) in [5.41, 5.74) is 4.48. The van der Waals surface area contributed by atoms with Gasteiger partial charge in [0.15, 0.2) is 0 Å². The zero-order valence-electron chi connectivity index (χ0n) is 21.9. The summed E-state index contributed by atoms with van der Waals surface area (Å²) in [7, 11) is 1.57. The van der Waals surface area contributed by atoms with Crippen LogP contribution in [0.4, 0.5) is 4.79 Å². The molecule has 0 radical (unpaired) electrons. The smallest absolute Gasteiger partial charge is 0.428 e. The number of aliphatic hydroxyl groups is 2. The summed E-state index contributed by atoms with van der Waals surface area (Å²) in [5, 5.41) is 25.9. The van der Waals surface area contributed by atoms with Crippen LogP contribution in [0.15, 0.2) is 59.7 Å². The van der Waals surface area contributed by atoms with Crippen molar-refractivity contribution in [3.8, 4) is 5.75 Å². The fourth-order valence-electron chi connectivity index (χ4n) is 6.30. The SMILES string of the molecule is COc1ccc(COC(=O)NN=C2C[C@@H](O)[C@@H](O)[C@@H]3[C@@H]4C(=O)N([C@@H](C)c5ccccc5)C(=O)[C@@H]4CC[C@@H]23)cc1. The van der Waals surface area contributed by atoms with Crippen LogP contribution in [0.25, 0.3) is 0 Å². The van der Waals surface area contributed by atoms with Gasteiger partial charge in [-0.2, -0.15) is 5.10 Å². The Bertz CT molecular complexity index is 1250. The third-order valence-corrected chi connectivity index (χ3v) is 8.30. The van der Waals surface area contributed by atoms with E-state index in [1.807, 2.05) is 37.3 Å². The fourth-order valence-corrected chi connectivity index (χ4v) is 6.30. The minimum absolute atomic E-state index is 0.0316. The van der Waals surface area contributed by atoms with Crippen LogP contribution in [-0.2, 0) is 20.9 Å². The monoisotopic (exact) mass is 535 g/mol. The number of rotatable bonds is 6. The van der Waals surface area contributed by atoms with E-state index in [9.17, 15) is 24.6 Å². The summed E-state index contributed by atoms with van der Waals surface area (Å²) in [6.45, 7) is 1.85. The molecule has 5 rings (SSSR count). The largest absolute Gasteiger partial charge is 0.497 e. The van der Waals surface area contributed by atoms with Gasteiger partial charge in [0.2, 0.25) is 11.8 Å². The molecule has 3 N–H and O–H groups in total. The highest BCUT2D eigenvalue weighted by molar-refractivity contribution is 6.06. The predicted octanol–water partition coefficient (Wildman–Crippen LogP) is 2.79. The number of fused-ring (bicyclic) bond motifs is 3. The molecular formula is C29H33N3O7. The van der Waals surface area contributed by atoms with E-state index in [0.717, 1.165) is 11.1 Å². The summed E-state index contributed by atoms with van der Waals surface area (Å²) >= 11 is 0. The van der Waals surface area contributed by atoms with Gasteiger partial charge in [-0.05, 0) is 43.0 Å². The molecule has 3 aliphatic rings. The molecule has 1 aliphatic heterocycles. The van der Waals surface area contributed by atoms with E-state index in [1.54, 1.807) is 31.4 Å². The van der Waals surface area contributed by atoms with Gasteiger partial charge in [-0.25, -0.2) is 10.2 Å². The van der Waals surface area contributed by atoms with E-state index in [1.165, 1.54) is 4.90 Å². The first-order chi connectivity index (χ1) is 18.8. The van der Waals surface area contributed by atoms with E-state index >= 15 is 0 Å². The normalized spacial score (nSPS) is 29.9. The maximum atomic E-state index is 13.7. The molecule has 2 saturated carbocycles. The molecule has 1 saturated heterocycles. The molecule has 3 amide bonds. The Morgan fingerprint density at radius 1 is 1.05 bits per heavy atom. The van der Waals surface area contributed by atoms with Crippen LogP contribution in [-0.4, -0.2) is 58.0 Å². The number of benzene rings is 2. The lowest BCUT2D eigenvalue weighted by Crippen LogP contribution is -2.55. The Kier molecular flexibility index (Phi) is 7.67. The van der Waals surface area contributed by atoms with Gasteiger partial charge in [0, 0.05) is 24.0 Å². The van der Waals surface area contributed by atoms with E-state index in [2.05, 4.69) is 10.5 Å². The van der Waals surface area contributed by atoms with Crippen molar-refractivity contribution in [2.75, 3.05) is 7.11 Å². The quantitative estimate of drug-likeness (QED) is 0.382. The van der Waals surface area contributed by atoms with Gasteiger partial charge in [-0.3, -0.25) is 14.5 Å². The van der Waals surface area contributed by atoms with Crippen molar-refractivity contribution >= 4 is 23.6 Å². The molecule has 2 aromatic carbocycles. The summed E-state index contributed by atoms with van der Waals surface area (Å²) in [5.74, 6) is -2.27. The number of nitrogens with zero attached hydrogens (tertiary/aromatic N) is 2. The number of hydrazone groups is 1. The molecule has 1 heterocycles. The minimum atomic E-state index is -1.19. The molecular weight excluding hydrogens is 502 g/mol. The lowest BCUT2D eigenvalue weighted by atomic mass is 9.60. The first-order valence-corrected chi connectivity index (χ1v) is 13.2. The number of amides is 3. The van der Waals surface area contributed by atoms with Gasteiger partial charge >= 0.3 is 6.09 Å². The third kappa shape index (κ3) is 5.14. The van der Waals surface area contributed by atoms with Crippen LogP contribution < -0.4 is 10.2 Å². The molecule has 0 bridgehead atoms. The van der Waals surface area contributed by atoms with Crippen molar-refractivity contribution < 1.29 is 34.1 Å². The van der Waals surface area contributed by atoms with Crippen molar-refractivity contribution in [1.82, 2.24) is 10.3 Å². The summed E-state index contributed by atoms with van der Waals surface area (Å²) in [6.07, 6.45) is -2.12. The molecule has 0 spiro atoms. The second-order valence-electron chi connectivity index (χ2n) is 10.4. The number of methoxy groups -OCH3 is 1. The average molecular weight is 536 g/mol. The van der Waals surface area contributed by atoms with Crippen molar-refractivity contribution in [1.29, 1.82) is 0 Å². The number of imide groups is 1. The van der Waals surface area contributed by atoms with Crippen LogP contribution >= 0.6 is 0 Å². The van der Waals surface area contributed by atoms with Crippen molar-refractivity contribution in [2.24, 2.45) is 28.8 Å². The highest BCUT2D eigenvalue weighted by atomic mass is 16.6. The zero-order valence-corrected chi connectivity index (χ0v) is 21.9. The highest BCUT2D eigenvalue weighted by Gasteiger charge is 2.60. The summed E-state index contributed by atoms with van der Waals surface area (Å²) < 4.78 is 10.4. The lowest BCUT2D eigenvalue weighted by molar-refractivity contribution is -0.144. The molecule has 0 aromatic heterocycles. The van der Waals surface area contributed by atoms with Gasteiger partial charge in [0.1, 0.15) is 12.4 Å². The Labute approximate surface area is 226 Å². The predicted molar refractivity (Wildman–Crippen MR) is 140 cm³/mol. The Balaban J connectivity index is 1.30. The van der Waals surface area contributed by atoms with Crippen LogP contribution in [0.3, 0.4) is 0 Å². The number of likely N-dealkylation sites (tertiary alicyclic amines) is 1.